The minimum absolute atomic E-state index is 0.0695. The van der Waals surface area contributed by atoms with E-state index in [1.54, 1.807) is 50.2 Å². The van der Waals surface area contributed by atoms with Crippen LogP contribution in [-0.2, 0) is 36.8 Å². The predicted molar refractivity (Wildman–Crippen MR) is 136 cm³/mol. The third kappa shape index (κ3) is 9.23. The molecule has 4 atom stereocenters. The molecule has 37 heavy (non-hydrogen) atoms. The summed E-state index contributed by atoms with van der Waals surface area (Å²) in [4.78, 5) is 50.2. The molecule has 10 heteroatoms. The molecule has 2 aromatic rings. The molecule has 2 unspecified atom stereocenters. The van der Waals surface area contributed by atoms with Crippen LogP contribution in [0.15, 0.2) is 54.6 Å². The average molecular weight is 514 g/mol. The van der Waals surface area contributed by atoms with E-state index >= 15 is 0 Å². The van der Waals surface area contributed by atoms with Crippen molar-refractivity contribution >= 4 is 23.7 Å². The smallest absolute Gasteiger partial charge is 0.336 e. The van der Waals surface area contributed by atoms with E-state index in [-0.39, 0.29) is 24.5 Å². The molecular formula is C27H35N3O7. The number of phenols is 1. The summed E-state index contributed by atoms with van der Waals surface area (Å²) >= 11 is 0. The summed E-state index contributed by atoms with van der Waals surface area (Å²) in [5, 5.41) is 28.0. The number of esters is 1. The lowest BCUT2D eigenvalue weighted by Gasteiger charge is -2.29. The number of carbonyl (C=O) groups is 4. The molecule has 0 fully saturated rings. The second-order valence-corrected chi connectivity index (χ2v) is 9.13. The van der Waals surface area contributed by atoms with Gasteiger partial charge in [0.1, 0.15) is 17.8 Å². The largest absolute Gasteiger partial charge is 0.508 e. The van der Waals surface area contributed by atoms with E-state index in [1.807, 2.05) is 6.07 Å². The molecule has 0 heterocycles. The molecule has 10 nitrogen and oxygen atoms in total. The van der Waals surface area contributed by atoms with E-state index in [0.717, 1.165) is 12.7 Å². The number of aromatic hydroxyl groups is 1. The number of hydrogen-bond donors (Lipinski definition) is 5. The topological polar surface area (TPSA) is 154 Å². The van der Waals surface area contributed by atoms with Crippen molar-refractivity contribution in [3.05, 3.63) is 65.7 Å². The Morgan fingerprint density at radius 1 is 0.838 bits per heavy atom. The highest BCUT2D eigenvalue weighted by Crippen LogP contribution is 2.13. The van der Waals surface area contributed by atoms with E-state index in [2.05, 4.69) is 20.7 Å². The van der Waals surface area contributed by atoms with Gasteiger partial charge in [-0.15, -0.1) is 0 Å². The van der Waals surface area contributed by atoms with E-state index in [4.69, 9.17) is 0 Å². The van der Waals surface area contributed by atoms with Crippen LogP contribution in [0.2, 0.25) is 0 Å². The zero-order valence-corrected chi connectivity index (χ0v) is 21.4. The number of ether oxygens (including phenoxy) is 1. The Kier molecular flexibility index (Phi) is 11.1. The Bertz CT molecular complexity index is 1060. The highest BCUT2D eigenvalue weighted by Gasteiger charge is 2.33. The van der Waals surface area contributed by atoms with Crippen LogP contribution in [0.25, 0.3) is 0 Å². The number of aliphatic hydroxyl groups excluding tert-OH is 1. The number of benzene rings is 2. The standard InChI is InChI=1S/C27H35N3O7/c1-16(2)23(30-25(34)22(28-17(3)31)15-19-10-12-20(32)13-11-19)26(35)29-21(24(33)27(36)37-4)14-18-8-6-5-7-9-18/h5-13,16,21-24,32-33H,14-15H2,1-4H3,(H,28,31)(H,29,35)(H,30,34)/t21-,22?,23?,24+/m0/s1. The van der Waals surface area contributed by atoms with Gasteiger partial charge in [0.25, 0.3) is 0 Å². The maximum Gasteiger partial charge on any atom is 0.336 e. The van der Waals surface area contributed by atoms with Gasteiger partial charge in [-0.2, -0.15) is 0 Å². The third-order valence-electron chi connectivity index (χ3n) is 5.77. The fourth-order valence-corrected chi connectivity index (χ4v) is 3.78. The number of amides is 3. The zero-order chi connectivity index (χ0) is 27.5. The quantitative estimate of drug-likeness (QED) is 0.264. The SMILES string of the molecule is COC(=O)[C@H](O)[C@H](Cc1ccccc1)NC(=O)C(NC(=O)C(Cc1ccc(O)cc1)NC(C)=O)C(C)C. The van der Waals surface area contributed by atoms with Crippen molar-refractivity contribution in [2.24, 2.45) is 5.92 Å². The highest BCUT2D eigenvalue weighted by molar-refractivity contribution is 5.92. The van der Waals surface area contributed by atoms with Crippen LogP contribution in [-0.4, -0.2) is 65.2 Å². The molecule has 2 aromatic carbocycles. The zero-order valence-electron chi connectivity index (χ0n) is 21.4. The second kappa shape index (κ2) is 14.0. The van der Waals surface area contributed by atoms with Gasteiger partial charge in [-0.25, -0.2) is 4.79 Å². The minimum Gasteiger partial charge on any atom is -0.508 e. The van der Waals surface area contributed by atoms with Gasteiger partial charge in [0.15, 0.2) is 6.10 Å². The molecular weight excluding hydrogens is 478 g/mol. The number of rotatable bonds is 12. The fourth-order valence-electron chi connectivity index (χ4n) is 3.78. The number of phenolic OH excluding ortho intramolecular Hbond substituents is 1. The summed E-state index contributed by atoms with van der Waals surface area (Å²) < 4.78 is 4.65. The second-order valence-electron chi connectivity index (χ2n) is 9.13. The van der Waals surface area contributed by atoms with Crippen molar-refractivity contribution in [3.8, 4) is 5.75 Å². The van der Waals surface area contributed by atoms with Crippen LogP contribution in [0.3, 0.4) is 0 Å². The minimum atomic E-state index is -1.63. The van der Waals surface area contributed by atoms with Crippen LogP contribution < -0.4 is 16.0 Å². The monoisotopic (exact) mass is 513 g/mol. The molecule has 200 valence electrons. The van der Waals surface area contributed by atoms with Gasteiger partial charge in [0.05, 0.1) is 13.2 Å². The average Bonchev–Trinajstić information content (AvgIpc) is 2.86. The van der Waals surface area contributed by atoms with Crippen LogP contribution >= 0.6 is 0 Å². The lowest BCUT2D eigenvalue weighted by Crippen LogP contribution is -2.59. The number of nitrogens with one attached hydrogen (secondary N) is 3. The molecule has 3 amide bonds. The van der Waals surface area contributed by atoms with Crippen molar-refractivity contribution in [2.75, 3.05) is 7.11 Å². The lowest BCUT2D eigenvalue weighted by molar-refractivity contribution is -0.152. The van der Waals surface area contributed by atoms with E-state index in [9.17, 15) is 29.4 Å². The van der Waals surface area contributed by atoms with Crippen LogP contribution in [0.1, 0.15) is 31.9 Å². The summed E-state index contributed by atoms with van der Waals surface area (Å²) in [6.45, 7) is 4.76. The lowest BCUT2D eigenvalue weighted by atomic mass is 9.98. The maximum atomic E-state index is 13.3. The summed E-state index contributed by atoms with van der Waals surface area (Å²) in [5.74, 6) is -2.79. The highest BCUT2D eigenvalue weighted by atomic mass is 16.5. The third-order valence-corrected chi connectivity index (χ3v) is 5.77. The van der Waals surface area contributed by atoms with Gasteiger partial charge in [-0.05, 0) is 35.6 Å². The van der Waals surface area contributed by atoms with E-state index in [0.29, 0.717) is 5.56 Å². The Labute approximate surface area is 216 Å². The summed E-state index contributed by atoms with van der Waals surface area (Å²) in [6, 6.07) is 12.2. The first-order valence-corrected chi connectivity index (χ1v) is 12.0. The maximum absolute atomic E-state index is 13.3. The van der Waals surface area contributed by atoms with Crippen molar-refractivity contribution in [3.63, 3.8) is 0 Å². The normalized spacial score (nSPS) is 14.1. The first kappa shape index (κ1) is 29.3. The Balaban J connectivity index is 2.20. The van der Waals surface area contributed by atoms with E-state index < -0.39 is 47.9 Å². The molecule has 0 aliphatic heterocycles. The van der Waals surface area contributed by atoms with Gasteiger partial charge in [-0.3, -0.25) is 14.4 Å². The Morgan fingerprint density at radius 3 is 1.97 bits per heavy atom. The molecule has 0 aliphatic carbocycles. The Hall–Kier alpha value is -3.92. The summed E-state index contributed by atoms with van der Waals surface area (Å²) in [7, 11) is 1.14. The molecule has 0 saturated carbocycles. The van der Waals surface area contributed by atoms with Crippen molar-refractivity contribution < 1.29 is 34.1 Å². The number of methoxy groups -OCH3 is 1. The molecule has 0 bridgehead atoms. The van der Waals surface area contributed by atoms with Crippen molar-refractivity contribution in [1.82, 2.24) is 16.0 Å². The van der Waals surface area contributed by atoms with Gasteiger partial charge in [-0.1, -0.05) is 56.3 Å². The first-order chi connectivity index (χ1) is 17.5. The molecule has 0 spiro atoms. The van der Waals surface area contributed by atoms with Crippen LogP contribution in [0, 0.1) is 5.92 Å². The number of aliphatic hydroxyl groups is 1. The van der Waals surface area contributed by atoms with E-state index in [1.165, 1.54) is 19.1 Å². The molecule has 0 radical (unpaired) electrons. The summed E-state index contributed by atoms with van der Waals surface area (Å²) in [6.07, 6.45) is -1.34. The predicted octanol–water partition coefficient (Wildman–Crippen LogP) is 0.842. The first-order valence-electron chi connectivity index (χ1n) is 12.0. The fraction of sp³-hybridized carbons (Fsp3) is 0.407. The molecule has 2 rings (SSSR count). The van der Waals surface area contributed by atoms with Gasteiger partial charge < -0.3 is 30.9 Å². The van der Waals surface area contributed by atoms with Gasteiger partial charge >= 0.3 is 5.97 Å². The van der Waals surface area contributed by atoms with Crippen LogP contribution in [0.4, 0.5) is 0 Å². The molecule has 5 N–H and O–H groups in total. The van der Waals surface area contributed by atoms with Crippen LogP contribution in [0.5, 0.6) is 5.75 Å². The molecule has 0 aromatic heterocycles. The molecule has 0 saturated heterocycles. The molecule has 0 aliphatic rings. The van der Waals surface area contributed by atoms with Gasteiger partial charge in [0.2, 0.25) is 17.7 Å². The van der Waals surface area contributed by atoms with Gasteiger partial charge in [0, 0.05) is 13.3 Å². The number of hydrogen-bond acceptors (Lipinski definition) is 7. The van der Waals surface area contributed by atoms with Crippen molar-refractivity contribution in [1.29, 1.82) is 0 Å². The number of carbonyl (C=O) groups excluding carboxylic acids is 4. The Morgan fingerprint density at radius 2 is 1.43 bits per heavy atom. The van der Waals surface area contributed by atoms with Crippen molar-refractivity contribution in [2.45, 2.75) is 57.8 Å². The summed E-state index contributed by atoms with van der Waals surface area (Å²) in [5.41, 5.74) is 1.47.